The van der Waals surface area contributed by atoms with E-state index in [1.807, 2.05) is 6.08 Å². The summed E-state index contributed by atoms with van der Waals surface area (Å²) < 4.78 is 17.6. The Balaban J connectivity index is 2.57. The number of allylic oxidation sites excluding steroid dienone is 9. The van der Waals surface area contributed by atoms with Crippen molar-refractivity contribution in [2.24, 2.45) is 0 Å². The predicted molar refractivity (Wildman–Crippen MR) is 324 cm³/mol. The molecule has 1 saturated heterocycles. The maximum atomic E-state index is 13.4. The average Bonchev–Trinajstić information content (AvgIpc) is 3.46. The molecule has 0 radical (unpaired) electrons. The van der Waals surface area contributed by atoms with E-state index >= 15 is 0 Å². The van der Waals surface area contributed by atoms with Gasteiger partial charge in [-0.2, -0.15) is 0 Å². The minimum absolute atomic E-state index is 0.113. The van der Waals surface area contributed by atoms with E-state index in [1.54, 1.807) is 6.08 Å². The van der Waals surface area contributed by atoms with Crippen molar-refractivity contribution >= 4 is 11.9 Å². The van der Waals surface area contributed by atoms with Crippen molar-refractivity contribution in [1.29, 1.82) is 0 Å². The highest BCUT2D eigenvalue weighted by atomic mass is 16.7. The van der Waals surface area contributed by atoms with E-state index in [-0.39, 0.29) is 19.4 Å². The van der Waals surface area contributed by atoms with Gasteiger partial charge in [0.25, 0.3) is 0 Å². The maximum absolute atomic E-state index is 13.4. The maximum Gasteiger partial charge on any atom is 0.306 e. The molecule has 0 aliphatic carbocycles. The second-order valence-corrected chi connectivity index (χ2v) is 22.5. The molecule has 0 bridgehead atoms. The molecule has 8 atom stereocenters. The molecule has 454 valence electrons. The van der Waals surface area contributed by atoms with Gasteiger partial charge in [-0.3, -0.25) is 9.59 Å². The number of hydrogen-bond donors (Lipinski definition) is 6. The Morgan fingerprint density at radius 2 is 0.897 bits per heavy atom. The number of aliphatic hydroxyl groups is 5. The van der Waals surface area contributed by atoms with Crippen molar-refractivity contribution in [3.8, 4) is 0 Å². The summed E-state index contributed by atoms with van der Waals surface area (Å²) in [4.78, 5) is 26.5. The van der Waals surface area contributed by atoms with Crippen LogP contribution in [0.15, 0.2) is 60.8 Å². The number of rotatable bonds is 55. The zero-order valence-electron chi connectivity index (χ0n) is 50.3. The van der Waals surface area contributed by atoms with Gasteiger partial charge in [-0.05, 0) is 83.5 Å². The normalized spacial score (nSPS) is 19.3. The van der Waals surface area contributed by atoms with Crippen LogP contribution in [0.4, 0.5) is 0 Å². The number of amides is 1. The van der Waals surface area contributed by atoms with Crippen LogP contribution >= 0.6 is 0 Å². The first-order valence-corrected chi connectivity index (χ1v) is 32.6. The summed E-state index contributed by atoms with van der Waals surface area (Å²) in [5.74, 6) is -1.20. The second kappa shape index (κ2) is 54.9. The molecule has 1 aliphatic heterocycles. The highest BCUT2D eigenvalue weighted by molar-refractivity contribution is 5.80. The van der Waals surface area contributed by atoms with E-state index in [0.717, 1.165) is 89.9 Å². The third-order valence-corrected chi connectivity index (χ3v) is 15.1. The Morgan fingerprint density at radius 3 is 1.40 bits per heavy atom. The fraction of sp³-hybridized carbons (Fsp3) is 0.821. The summed E-state index contributed by atoms with van der Waals surface area (Å²) >= 11 is 0. The number of ether oxygens (including phenoxy) is 3. The molecule has 0 aromatic carbocycles. The molecule has 8 unspecified atom stereocenters. The average molecular weight is 1100 g/mol. The molecule has 11 heteroatoms. The van der Waals surface area contributed by atoms with E-state index in [1.165, 1.54) is 154 Å². The van der Waals surface area contributed by atoms with Crippen LogP contribution in [0.25, 0.3) is 0 Å². The molecule has 78 heavy (non-hydrogen) atoms. The van der Waals surface area contributed by atoms with E-state index in [2.05, 4.69) is 74.7 Å². The molecule has 0 saturated carbocycles. The first-order chi connectivity index (χ1) is 38.2. The van der Waals surface area contributed by atoms with Gasteiger partial charge in [0.2, 0.25) is 5.91 Å². The first-order valence-electron chi connectivity index (χ1n) is 32.6. The first kappa shape index (κ1) is 73.4. The zero-order valence-corrected chi connectivity index (χ0v) is 50.3. The van der Waals surface area contributed by atoms with E-state index < -0.39 is 67.4 Å². The second-order valence-electron chi connectivity index (χ2n) is 22.5. The Kier molecular flexibility index (Phi) is 51.7. The summed E-state index contributed by atoms with van der Waals surface area (Å²) in [6.07, 6.45) is 58.5. The highest BCUT2D eigenvalue weighted by Gasteiger charge is 2.47. The SMILES string of the molecule is CCCC/C=C\CCCCCCCC(=O)OC1C(OCC(NC(=O)C(O)CCCCCCCCCCCCCCC/C=C\C/C=C\C/C=C\CCCCC)C(O)/C=C/CCCCCCCCCCCC)OC(CO)C(O)C1O. The largest absolute Gasteiger partial charge is 0.454 e. The molecule has 1 aliphatic rings. The van der Waals surface area contributed by atoms with Crippen LogP contribution in [0.3, 0.4) is 0 Å². The molecule has 11 nitrogen and oxygen atoms in total. The van der Waals surface area contributed by atoms with Gasteiger partial charge < -0.3 is 45.1 Å². The fourth-order valence-corrected chi connectivity index (χ4v) is 9.93. The minimum atomic E-state index is -1.62. The molecule has 0 aromatic rings. The smallest absolute Gasteiger partial charge is 0.306 e. The summed E-state index contributed by atoms with van der Waals surface area (Å²) in [6, 6.07) is -1.03. The lowest BCUT2D eigenvalue weighted by atomic mass is 9.99. The number of carbonyl (C=O) groups excluding carboxylic acids is 2. The lowest BCUT2D eigenvalue weighted by Gasteiger charge is -2.41. The third-order valence-electron chi connectivity index (χ3n) is 15.1. The van der Waals surface area contributed by atoms with Crippen LogP contribution < -0.4 is 5.32 Å². The molecule has 1 heterocycles. The van der Waals surface area contributed by atoms with Crippen LogP contribution in [0.2, 0.25) is 0 Å². The molecule has 0 spiro atoms. The van der Waals surface area contributed by atoms with Crippen LogP contribution in [-0.4, -0.2) is 99.6 Å². The number of esters is 1. The summed E-state index contributed by atoms with van der Waals surface area (Å²) in [5.41, 5.74) is 0. The van der Waals surface area contributed by atoms with Gasteiger partial charge in [-0.15, -0.1) is 0 Å². The van der Waals surface area contributed by atoms with Crippen molar-refractivity contribution < 1.29 is 49.3 Å². The zero-order chi connectivity index (χ0) is 56.8. The molecule has 0 aromatic heterocycles. The number of unbranched alkanes of at least 4 members (excludes halogenated alkanes) is 33. The highest BCUT2D eigenvalue weighted by Crippen LogP contribution is 2.26. The minimum Gasteiger partial charge on any atom is -0.454 e. The van der Waals surface area contributed by atoms with Crippen molar-refractivity contribution in [2.75, 3.05) is 13.2 Å². The topological polar surface area (TPSA) is 175 Å². The van der Waals surface area contributed by atoms with Gasteiger partial charge in [-0.25, -0.2) is 0 Å². The molecular weight excluding hydrogens is 979 g/mol. The Labute approximate surface area is 478 Å². The number of carbonyl (C=O) groups is 2. The van der Waals surface area contributed by atoms with E-state index in [9.17, 15) is 35.1 Å². The third kappa shape index (κ3) is 42.2. The molecule has 1 fully saturated rings. The van der Waals surface area contributed by atoms with Gasteiger partial charge in [0.1, 0.15) is 24.4 Å². The fourth-order valence-electron chi connectivity index (χ4n) is 9.93. The summed E-state index contributed by atoms with van der Waals surface area (Å²) in [6.45, 7) is 5.72. The van der Waals surface area contributed by atoms with Gasteiger partial charge in [0.05, 0.1) is 25.4 Å². The Morgan fingerprint density at radius 1 is 0.500 bits per heavy atom. The van der Waals surface area contributed by atoms with Crippen molar-refractivity contribution in [3.63, 3.8) is 0 Å². The van der Waals surface area contributed by atoms with E-state index in [4.69, 9.17) is 14.2 Å². The van der Waals surface area contributed by atoms with Crippen LogP contribution in [0, 0.1) is 0 Å². The number of aliphatic hydroxyl groups excluding tert-OH is 5. The Hall–Kier alpha value is -2.64. The predicted octanol–water partition coefficient (Wildman–Crippen LogP) is 15.8. The van der Waals surface area contributed by atoms with Crippen LogP contribution in [0.5, 0.6) is 0 Å². The molecule has 1 amide bonds. The Bertz CT molecular complexity index is 1500. The lowest BCUT2D eigenvalue weighted by molar-refractivity contribution is -0.305. The van der Waals surface area contributed by atoms with Gasteiger partial charge >= 0.3 is 5.97 Å². The van der Waals surface area contributed by atoms with Crippen molar-refractivity contribution in [2.45, 2.75) is 339 Å². The summed E-state index contributed by atoms with van der Waals surface area (Å²) in [5, 5.41) is 57.0. The summed E-state index contributed by atoms with van der Waals surface area (Å²) in [7, 11) is 0. The molecule has 1 rings (SSSR count). The van der Waals surface area contributed by atoms with Gasteiger partial charge in [0, 0.05) is 6.42 Å². The van der Waals surface area contributed by atoms with Gasteiger partial charge in [-0.1, -0.05) is 261 Å². The monoisotopic (exact) mass is 1100 g/mol. The van der Waals surface area contributed by atoms with Crippen LogP contribution in [0.1, 0.15) is 290 Å². The molecule has 6 N–H and O–H groups in total. The van der Waals surface area contributed by atoms with Gasteiger partial charge in [0.15, 0.2) is 12.4 Å². The van der Waals surface area contributed by atoms with E-state index in [0.29, 0.717) is 12.8 Å². The van der Waals surface area contributed by atoms with Crippen molar-refractivity contribution in [3.05, 3.63) is 60.8 Å². The number of hydrogen-bond acceptors (Lipinski definition) is 10. The quantitative estimate of drug-likeness (QED) is 0.0195. The molecular formula is C67H121NO10. The van der Waals surface area contributed by atoms with Crippen molar-refractivity contribution in [1.82, 2.24) is 5.32 Å². The van der Waals surface area contributed by atoms with Crippen LogP contribution in [-0.2, 0) is 23.8 Å². The number of nitrogens with one attached hydrogen (secondary N) is 1. The standard InChI is InChI=1S/C67H121NO10/c1-4-7-10-13-16-19-22-24-25-26-27-28-29-30-31-32-33-34-35-36-37-40-42-45-48-51-54-60(71)66(75)68-58(59(70)53-50-47-44-41-39-23-20-17-14-11-8-5-2)57-76-67-65(64(74)63(73)61(56-69)77-67)78-62(72)55-52-49-46-43-38-21-18-15-12-9-6-3/h15-16,18-19,24-25,27-28,50,53,58-61,63-65,67,69-71,73-74H,4-14,17,20-23,26,29-49,51-52,54-57H2,1-3H3,(H,68,75)/b18-15-,19-16-,25-24-,28-27-,53-50+. The lowest BCUT2D eigenvalue weighted by Crippen LogP contribution is -2.61.